The summed E-state index contributed by atoms with van der Waals surface area (Å²) in [5.41, 5.74) is 3.30. The molecule has 154 valence electrons. The number of pyridine rings is 1. The lowest BCUT2D eigenvalue weighted by Gasteiger charge is -2.26. The monoisotopic (exact) mass is 420 g/mol. The number of aromatic amines is 1. The third-order valence-corrected chi connectivity index (χ3v) is 7.89. The zero-order valence-electron chi connectivity index (χ0n) is 16.8. The van der Waals surface area contributed by atoms with E-state index in [9.17, 15) is 8.42 Å². The SMILES string of the molecule is CC1CCC(c2cnc3c(c2)c(-c2cn[nH]c2)cn3S(=O)(=O)c2ccccc2)CC1. The minimum absolute atomic E-state index is 0.243. The first-order valence-corrected chi connectivity index (χ1v) is 11.8. The first kappa shape index (κ1) is 19.1. The molecule has 6 nitrogen and oxygen atoms in total. The normalized spacial score (nSPS) is 19.9. The topological polar surface area (TPSA) is 80.6 Å². The molecule has 1 aliphatic rings. The Morgan fingerprint density at radius 3 is 2.53 bits per heavy atom. The van der Waals surface area contributed by atoms with Crippen LogP contribution >= 0.6 is 0 Å². The van der Waals surface area contributed by atoms with Crippen LogP contribution in [0.25, 0.3) is 22.2 Å². The van der Waals surface area contributed by atoms with Gasteiger partial charge >= 0.3 is 0 Å². The summed E-state index contributed by atoms with van der Waals surface area (Å²) in [6, 6.07) is 10.6. The van der Waals surface area contributed by atoms with Gasteiger partial charge < -0.3 is 0 Å². The average Bonchev–Trinajstić information content (AvgIpc) is 3.42. The van der Waals surface area contributed by atoms with Crippen molar-refractivity contribution in [1.82, 2.24) is 19.2 Å². The van der Waals surface area contributed by atoms with E-state index in [-0.39, 0.29) is 4.90 Å². The zero-order chi connectivity index (χ0) is 20.7. The molecule has 3 aromatic heterocycles. The van der Waals surface area contributed by atoms with Gasteiger partial charge in [0.05, 0.1) is 11.1 Å². The molecule has 4 aromatic rings. The summed E-state index contributed by atoms with van der Waals surface area (Å²) in [7, 11) is -3.76. The predicted molar refractivity (Wildman–Crippen MR) is 117 cm³/mol. The van der Waals surface area contributed by atoms with Crippen molar-refractivity contribution in [2.75, 3.05) is 0 Å². The van der Waals surface area contributed by atoms with E-state index >= 15 is 0 Å². The van der Waals surface area contributed by atoms with Gasteiger partial charge in [-0.2, -0.15) is 5.10 Å². The van der Waals surface area contributed by atoms with Crippen molar-refractivity contribution in [3.63, 3.8) is 0 Å². The molecule has 0 spiro atoms. The molecule has 0 amide bonds. The minimum Gasteiger partial charge on any atom is -0.285 e. The third-order valence-electron chi connectivity index (χ3n) is 6.23. The van der Waals surface area contributed by atoms with Crippen LogP contribution in [0.5, 0.6) is 0 Å². The number of hydrogen-bond donors (Lipinski definition) is 1. The third kappa shape index (κ3) is 3.23. The largest absolute Gasteiger partial charge is 0.285 e. The van der Waals surface area contributed by atoms with E-state index in [1.807, 2.05) is 6.20 Å². The molecule has 30 heavy (non-hydrogen) atoms. The van der Waals surface area contributed by atoms with Crippen LogP contribution in [-0.4, -0.2) is 27.6 Å². The van der Waals surface area contributed by atoms with Gasteiger partial charge in [-0.25, -0.2) is 17.4 Å². The highest BCUT2D eigenvalue weighted by atomic mass is 32.2. The van der Waals surface area contributed by atoms with Gasteiger partial charge in [-0.15, -0.1) is 0 Å². The Kier molecular flexibility index (Phi) is 4.70. The van der Waals surface area contributed by atoms with Gasteiger partial charge in [-0.05, 0) is 48.4 Å². The summed E-state index contributed by atoms with van der Waals surface area (Å²) >= 11 is 0. The fraction of sp³-hybridized carbons (Fsp3) is 0.304. The Labute approximate surface area is 176 Å². The molecule has 1 aliphatic carbocycles. The molecule has 0 atom stereocenters. The summed E-state index contributed by atoms with van der Waals surface area (Å²) in [6.45, 7) is 2.31. The van der Waals surface area contributed by atoms with E-state index in [4.69, 9.17) is 0 Å². The smallest absolute Gasteiger partial charge is 0.269 e. The van der Waals surface area contributed by atoms with Gasteiger partial charge in [-0.1, -0.05) is 38.0 Å². The number of aromatic nitrogens is 4. The molecule has 5 rings (SSSR count). The highest BCUT2D eigenvalue weighted by molar-refractivity contribution is 7.90. The van der Waals surface area contributed by atoms with Gasteiger partial charge in [-0.3, -0.25) is 5.10 Å². The molecule has 1 N–H and O–H groups in total. The van der Waals surface area contributed by atoms with E-state index < -0.39 is 10.0 Å². The maximum Gasteiger partial charge on any atom is 0.269 e. The van der Waals surface area contributed by atoms with Crippen LogP contribution < -0.4 is 0 Å². The highest BCUT2D eigenvalue weighted by Crippen LogP contribution is 2.38. The second-order valence-electron chi connectivity index (χ2n) is 8.24. The van der Waals surface area contributed by atoms with Gasteiger partial charge in [0.15, 0.2) is 5.65 Å². The summed E-state index contributed by atoms with van der Waals surface area (Å²) in [4.78, 5) is 4.89. The molecule has 1 fully saturated rings. The lowest BCUT2D eigenvalue weighted by molar-refractivity contribution is 0.348. The van der Waals surface area contributed by atoms with Crippen LogP contribution in [0.1, 0.15) is 44.1 Å². The number of fused-ring (bicyclic) bond motifs is 1. The lowest BCUT2D eigenvalue weighted by Crippen LogP contribution is -2.13. The van der Waals surface area contributed by atoms with E-state index in [0.29, 0.717) is 11.6 Å². The van der Waals surface area contributed by atoms with Gasteiger partial charge in [0, 0.05) is 35.1 Å². The molecule has 3 heterocycles. The number of H-pyrrole nitrogens is 1. The summed E-state index contributed by atoms with van der Waals surface area (Å²) in [5.74, 6) is 1.25. The predicted octanol–water partition coefficient (Wildman–Crippen LogP) is 4.96. The van der Waals surface area contributed by atoms with Crippen LogP contribution in [0.3, 0.4) is 0 Å². The first-order chi connectivity index (χ1) is 14.5. The number of nitrogens with zero attached hydrogens (tertiary/aromatic N) is 3. The van der Waals surface area contributed by atoms with Gasteiger partial charge in [0.1, 0.15) is 0 Å². The number of hydrogen-bond acceptors (Lipinski definition) is 4. The van der Waals surface area contributed by atoms with Crippen LogP contribution in [0.15, 0.2) is 66.1 Å². The maximum absolute atomic E-state index is 13.4. The van der Waals surface area contributed by atoms with Crippen LogP contribution in [0, 0.1) is 5.92 Å². The van der Waals surface area contributed by atoms with E-state index in [2.05, 4.69) is 28.2 Å². The molecule has 0 unspecified atom stereocenters. The average molecular weight is 421 g/mol. The Hall–Kier alpha value is -2.93. The van der Waals surface area contributed by atoms with Crippen molar-refractivity contribution < 1.29 is 8.42 Å². The molecule has 0 saturated heterocycles. The fourth-order valence-corrected chi connectivity index (χ4v) is 5.78. The summed E-state index contributed by atoms with van der Waals surface area (Å²) in [5, 5.41) is 7.72. The first-order valence-electron chi connectivity index (χ1n) is 10.3. The molecule has 0 radical (unpaired) electrons. The highest BCUT2D eigenvalue weighted by Gasteiger charge is 2.25. The van der Waals surface area contributed by atoms with Crippen LogP contribution in [0.4, 0.5) is 0 Å². The Balaban J connectivity index is 1.68. The van der Waals surface area contributed by atoms with Crippen molar-refractivity contribution in [3.8, 4) is 11.1 Å². The fourth-order valence-electron chi connectivity index (χ4n) is 4.43. The second kappa shape index (κ2) is 7.40. The maximum atomic E-state index is 13.4. The van der Waals surface area contributed by atoms with Gasteiger partial charge in [0.2, 0.25) is 0 Å². The van der Waals surface area contributed by atoms with E-state index in [1.54, 1.807) is 48.9 Å². The zero-order valence-corrected chi connectivity index (χ0v) is 17.6. The van der Waals surface area contributed by atoms with Crippen LogP contribution in [-0.2, 0) is 10.0 Å². The summed E-state index contributed by atoms with van der Waals surface area (Å²) < 4.78 is 28.0. The lowest BCUT2D eigenvalue weighted by atomic mass is 9.80. The standard InChI is InChI=1S/C23H24N4O2S/c1-16-7-9-17(10-8-16)18-11-21-22(19-13-25-26-14-19)15-27(23(21)24-12-18)30(28,29)20-5-3-2-4-6-20/h2-6,11-17H,7-10H2,1H3,(H,25,26). The number of rotatable bonds is 4. The molecular formula is C23H24N4O2S. The minimum atomic E-state index is -3.76. The van der Waals surface area contributed by atoms with Gasteiger partial charge in [0.25, 0.3) is 10.0 Å². The van der Waals surface area contributed by atoms with Crippen molar-refractivity contribution >= 4 is 21.1 Å². The molecule has 1 saturated carbocycles. The van der Waals surface area contributed by atoms with Crippen molar-refractivity contribution in [2.24, 2.45) is 5.92 Å². The quantitative estimate of drug-likeness (QED) is 0.506. The number of benzene rings is 1. The number of nitrogens with one attached hydrogen (secondary N) is 1. The van der Waals surface area contributed by atoms with E-state index in [1.165, 1.54) is 22.4 Å². The Bertz CT molecular complexity index is 1270. The molecule has 0 bridgehead atoms. The Morgan fingerprint density at radius 1 is 1.07 bits per heavy atom. The van der Waals surface area contributed by atoms with E-state index in [0.717, 1.165) is 35.3 Å². The molecule has 0 aliphatic heterocycles. The Morgan fingerprint density at radius 2 is 1.83 bits per heavy atom. The molecule has 1 aromatic carbocycles. The van der Waals surface area contributed by atoms with Crippen molar-refractivity contribution in [1.29, 1.82) is 0 Å². The molecular weight excluding hydrogens is 396 g/mol. The van der Waals surface area contributed by atoms with Crippen LogP contribution in [0.2, 0.25) is 0 Å². The molecule has 7 heteroatoms. The van der Waals surface area contributed by atoms with Crippen molar-refractivity contribution in [2.45, 2.75) is 43.4 Å². The summed E-state index contributed by atoms with van der Waals surface area (Å²) in [6.07, 6.45) is 11.8. The second-order valence-corrected chi connectivity index (χ2v) is 10.1. The van der Waals surface area contributed by atoms with Crippen molar-refractivity contribution in [3.05, 3.63) is 66.7 Å².